The molecule has 0 saturated carbocycles. The molecule has 0 aromatic heterocycles. The van der Waals surface area contributed by atoms with Crippen molar-refractivity contribution in [3.63, 3.8) is 0 Å². The fourth-order valence-electron chi connectivity index (χ4n) is 2.53. The van der Waals surface area contributed by atoms with Crippen molar-refractivity contribution < 1.29 is 9.47 Å². The van der Waals surface area contributed by atoms with E-state index in [2.05, 4.69) is 0 Å². The number of methoxy groups -OCH3 is 1. The van der Waals surface area contributed by atoms with Gasteiger partial charge in [-0.25, -0.2) is 0 Å². The number of hydrogen-bond acceptors (Lipinski definition) is 3. The molecule has 3 rings (SSSR count). The van der Waals surface area contributed by atoms with Crippen LogP contribution in [0.5, 0.6) is 11.5 Å². The molecule has 0 fully saturated rings. The summed E-state index contributed by atoms with van der Waals surface area (Å²) in [4.78, 5) is 0. The molecule has 3 nitrogen and oxygen atoms in total. The standard InChI is InChI=1S/C16H15Cl2NO2.ClH/c1-20-10-3-4-11-14(19)8-15(21-16(11)7-10)9-2-5-12(17)13(18)6-9;/h2-7,14-15H,8,19H2,1H3;1H. The van der Waals surface area contributed by atoms with Crippen LogP contribution in [0.1, 0.15) is 29.7 Å². The maximum absolute atomic E-state index is 6.25. The summed E-state index contributed by atoms with van der Waals surface area (Å²) in [6.07, 6.45) is 0.548. The minimum atomic E-state index is -0.144. The molecule has 0 aliphatic carbocycles. The van der Waals surface area contributed by atoms with Crippen LogP contribution in [0.15, 0.2) is 36.4 Å². The van der Waals surface area contributed by atoms with Gasteiger partial charge in [-0.3, -0.25) is 0 Å². The Morgan fingerprint density at radius 3 is 2.59 bits per heavy atom. The van der Waals surface area contributed by atoms with Crippen molar-refractivity contribution in [3.8, 4) is 11.5 Å². The lowest BCUT2D eigenvalue weighted by Crippen LogP contribution is -2.24. The van der Waals surface area contributed by atoms with Crippen molar-refractivity contribution in [2.75, 3.05) is 7.11 Å². The van der Waals surface area contributed by atoms with Crippen molar-refractivity contribution in [1.29, 1.82) is 0 Å². The zero-order valence-corrected chi connectivity index (χ0v) is 14.2. The van der Waals surface area contributed by atoms with Crippen molar-refractivity contribution in [2.45, 2.75) is 18.6 Å². The van der Waals surface area contributed by atoms with E-state index in [1.54, 1.807) is 13.2 Å². The number of rotatable bonds is 2. The quantitative estimate of drug-likeness (QED) is 0.824. The molecule has 2 aromatic carbocycles. The third-order valence-corrected chi connectivity index (χ3v) is 4.41. The van der Waals surface area contributed by atoms with Gasteiger partial charge in [0, 0.05) is 24.1 Å². The van der Waals surface area contributed by atoms with Crippen LogP contribution in [0.3, 0.4) is 0 Å². The van der Waals surface area contributed by atoms with Gasteiger partial charge in [-0.2, -0.15) is 0 Å². The maximum Gasteiger partial charge on any atom is 0.128 e. The molecule has 2 aromatic rings. The minimum Gasteiger partial charge on any atom is -0.497 e. The normalized spacial score (nSPS) is 19.6. The molecule has 1 aliphatic rings. The van der Waals surface area contributed by atoms with E-state index in [1.807, 2.05) is 30.3 Å². The van der Waals surface area contributed by atoms with E-state index in [-0.39, 0.29) is 24.6 Å². The van der Waals surface area contributed by atoms with Gasteiger partial charge in [0.25, 0.3) is 0 Å². The molecule has 1 heterocycles. The molecule has 1 aliphatic heterocycles. The van der Waals surface area contributed by atoms with Gasteiger partial charge < -0.3 is 15.2 Å². The van der Waals surface area contributed by atoms with Gasteiger partial charge in [0.15, 0.2) is 0 Å². The number of ether oxygens (including phenoxy) is 2. The lowest BCUT2D eigenvalue weighted by atomic mass is 9.93. The Bertz CT molecular complexity index is 678. The molecule has 118 valence electrons. The highest BCUT2D eigenvalue weighted by atomic mass is 35.5. The summed E-state index contributed by atoms with van der Waals surface area (Å²) in [5, 5.41) is 1.05. The predicted octanol–water partition coefficient (Wildman–Crippen LogP) is 4.95. The molecule has 0 radical (unpaired) electrons. The lowest BCUT2D eigenvalue weighted by Gasteiger charge is -2.31. The second-order valence-corrected chi connectivity index (χ2v) is 5.84. The Hall–Kier alpha value is -1.13. The largest absolute Gasteiger partial charge is 0.497 e. The number of hydrogen-bond donors (Lipinski definition) is 1. The van der Waals surface area contributed by atoms with Gasteiger partial charge >= 0.3 is 0 Å². The van der Waals surface area contributed by atoms with E-state index in [1.165, 1.54) is 0 Å². The first-order valence-electron chi connectivity index (χ1n) is 6.63. The molecule has 2 atom stereocenters. The molecule has 0 saturated heterocycles. The Labute approximate surface area is 145 Å². The zero-order valence-electron chi connectivity index (χ0n) is 11.9. The first-order chi connectivity index (χ1) is 10.1. The first kappa shape index (κ1) is 17.2. The van der Waals surface area contributed by atoms with Crippen LogP contribution < -0.4 is 15.2 Å². The van der Waals surface area contributed by atoms with E-state index in [0.717, 1.165) is 22.6 Å². The van der Waals surface area contributed by atoms with Crippen molar-refractivity contribution in [3.05, 3.63) is 57.6 Å². The van der Waals surface area contributed by atoms with E-state index < -0.39 is 0 Å². The van der Waals surface area contributed by atoms with Crippen LogP contribution in [0.4, 0.5) is 0 Å². The summed E-state index contributed by atoms with van der Waals surface area (Å²) in [6, 6.07) is 11.1. The van der Waals surface area contributed by atoms with Crippen molar-refractivity contribution in [1.82, 2.24) is 0 Å². The first-order valence-corrected chi connectivity index (χ1v) is 7.39. The minimum absolute atomic E-state index is 0. The number of benzene rings is 2. The second-order valence-electron chi connectivity index (χ2n) is 5.03. The average Bonchev–Trinajstić information content (AvgIpc) is 2.49. The Morgan fingerprint density at radius 1 is 1.14 bits per heavy atom. The fraction of sp³-hybridized carbons (Fsp3) is 0.250. The molecule has 22 heavy (non-hydrogen) atoms. The highest BCUT2D eigenvalue weighted by Crippen LogP contribution is 2.42. The summed E-state index contributed by atoms with van der Waals surface area (Å²) in [7, 11) is 1.63. The van der Waals surface area contributed by atoms with E-state index in [4.69, 9.17) is 38.4 Å². The number of halogens is 3. The van der Waals surface area contributed by atoms with Gasteiger partial charge in [0.1, 0.15) is 17.6 Å². The maximum atomic E-state index is 6.25. The van der Waals surface area contributed by atoms with Crippen LogP contribution in [-0.4, -0.2) is 7.11 Å². The molecule has 0 bridgehead atoms. The SMILES string of the molecule is COc1ccc2c(c1)OC(c1ccc(Cl)c(Cl)c1)CC2N.Cl. The van der Waals surface area contributed by atoms with Gasteiger partial charge in [0.05, 0.1) is 17.2 Å². The van der Waals surface area contributed by atoms with E-state index >= 15 is 0 Å². The fourth-order valence-corrected chi connectivity index (χ4v) is 2.83. The van der Waals surface area contributed by atoms with E-state index in [0.29, 0.717) is 16.5 Å². The van der Waals surface area contributed by atoms with Crippen LogP contribution >= 0.6 is 35.6 Å². The number of fused-ring (bicyclic) bond motifs is 1. The Morgan fingerprint density at radius 2 is 1.91 bits per heavy atom. The highest BCUT2D eigenvalue weighted by Gasteiger charge is 2.27. The Balaban J connectivity index is 0.00000176. The van der Waals surface area contributed by atoms with Gasteiger partial charge in [-0.15, -0.1) is 12.4 Å². The smallest absolute Gasteiger partial charge is 0.128 e. The molecular weight excluding hydrogens is 345 g/mol. The zero-order chi connectivity index (χ0) is 15.0. The van der Waals surface area contributed by atoms with E-state index in [9.17, 15) is 0 Å². The molecule has 6 heteroatoms. The van der Waals surface area contributed by atoms with Crippen LogP contribution in [-0.2, 0) is 0 Å². The summed E-state index contributed by atoms with van der Waals surface area (Å²) in [5.74, 6) is 1.50. The van der Waals surface area contributed by atoms with Gasteiger partial charge in [-0.1, -0.05) is 35.3 Å². The van der Waals surface area contributed by atoms with Crippen molar-refractivity contribution in [2.24, 2.45) is 5.73 Å². The summed E-state index contributed by atoms with van der Waals surface area (Å²) >= 11 is 12.0. The summed E-state index contributed by atoms with van der Waals surface area (Å²) < 4.78 is 11.3. The summed E-state index contributed by atoms with van der Waals surface area (Å²) in [6.45, 7) is 0. The topological polar surface area (TPSA) is 44.5 Å². The molecule has 0 spiro atoms. The van der Waals surface area contributed by atoms with Crippen LogP contribution in [0, 0.1) is 0 Å². The Kier molecular flexibility index (Phi) is 5.45. The van der Waals surface area contributed by atoms with Crippen LogP contribution in [0.2, 0.25) is 10.0 Å². The second kappa shape index (κ2) is 6.97. The van der Waals surface area contributed by atoms with Gasteiger partial charge in [0.2, 0.25) is 0 Å². The highest BCUT2D eigenvalue weighted by molar-refractivity contribution is 6.42. The van der Waals surface area contributed by atoms with Gasteiger partial charge in [-0.05, 0) is 23.8 Å². The molecule has 2 N–H and O–H groups in total. The molecule has 0 amide bonds. The molecular formula is C16H16Cl3NO2. The van der Waals surface area contributed by atoms with Crippen molar-refractivity contribution >= 4 is 35.6 Å². The predicted molar refractivity (Wildman–Crippen MR) is 91.6 cm³/mol. The van der Waals surface area contributed by atoms with Crippen LogP contribution in [0.25, 0.3) is 0 Å². The average molecular weight is 361 g/mol. The monoisotopic (exact) mass is 359 g/mol. The lowest BCUT2D eigenvalue weighted by molar-refractivity contribution is 0.161. The molecule has 2 unspecified atom stereocenters. The summed E-state index contributed by atoms with van der Waals surface area (Å²) in [5.41, 5.74) is 8.21. The number of nitrogens with two attached hydrogens (primary N) is 1. The third-order valence-electron chi connectivity index (χ3n) is 3.67. The third kappa shape index (κ3) is 3.28.